The van der Waals surface area contributed by atoms with Crippen molar-refractivity contribution in [1.29, 1.82) is 0 Å². The Hall–Kier alpha value is -2.18. The summed E-state index contributed by atoms with van der Waals surface area (Å²) in [5.41, 5.74) is 2.10. The van der Waals surface area contributed by atoms with E-state index in [2.05, 4.69) is 27.3 Å². The average Bonchev–Trinajstić information content (AvgIpc) is 3.16. The van der Waals surface area contributed by atoms with Gasteiger partial charge < -0.3 is 14.6 Å². The summed E-state index contributed by atoms with van der Waals surface area (Å²) in [6, 6.07) is 7.81. The second-order valence-corrected chi connectivity index (χ2v) is 6.08. The number of hydrogen-bond donors (Lipinski definition) is 1. The van der Waals surface area contributed by atoms with Gasteiger partial charge in [0.25, 0.3) is 0 Å². The van der Waals surface area contributed by atoms with Gasteiger partial charge in [-0.2, -0.15) is 0 Å². The molecular formula is C18H24N4O2. The highest BCUT2D eigenvalue weighted by molar-refractivity contribution is 5.93. The van der Waals surface area contributed by atoms with E-state index in [4.69, 9.17) is 4.74 Å². The van der Waals surface area contributed by atoms with E-state index in [0.29, 0.717) is 0 Å². The molecule has 2 aromatic rings. The maximum absolute atomic E-state index is 12.2. The van der Waals surface area contributed by atoms with Crippen LogP contribution in [0.25, 0.3) is 0 Å². The lowest BCUT2D eigenvalue weighted by Gasteiger charge is -2.26. The highest BCUT2D eigenvalue weighted by Crippen LogP contribution is 2.14. The van der Waals surface area contributed by atoms with Crippen LogP contribution in [0.2, 0.25) is 0 Å². The Morgan fingerprint density at radius 2 is 2.04 bits per heavy atom. The molecule has 1 saturated heterocycles. The molecule has 1 aromatic carbocycles. The van der Waals surface area contributed by atoms with Gasteiger partial charge in [0.2, 0.25) is 5.91 Å². The number of carbonyl (C=O) groups is 1. The second kappa shape index (κ2) is 8.08. The summed E-state index contributed by atoms with van der Waals surface area (Å²) in [7, 11) is 0. The van der Waals surface area contributed by atoms with Gasteiger partial charge in [0.05, 0.1) is 19.5 Å². The lowest BCUT2D eigenvalue weighted by Crippen LogP contribution is -2.37. The minimum atomic E-state index is -0.284. The normalized spacial score (nSPS) is 16.7. The van der Waals surface area contributed by atoms with Crippen molar-refractivity contribution >= 4 is 11.6 Å². The molecule has 0 spiro atoms. The number of rotatable bonds is 6. The van der Waals surface area contributed by atoms with Crippen LogP contribution in [-0.2, 0) is 16.0 Å². The van der Waals surface area contributed by atoms with Gasteiger partial charge in [-0.25, -0.2) is 4.98 Å². The molecule has 2 heterocycles. The number of anilines is 1. The average molecular weight is 328 g/mol. The van der Waals surface area contributed by atoms with Crippen LogP contribution in [0, 0.1) is 0 Å². The second-order valence-electron chi connectivity index (χ2n) is 6.08. The van der Waals surface area contributed by atoms with Gasteiger partial charge in [-0.1, -0.05) is 12.1 Å². The topological polar surface area (TPSA) is 59.4 Å². The largest absolute Gasteiger partial charge is 0.379 e. The first-order valence-corrected chi connectivity index (χ1v) is 8.40. The molecule has 6 nitrogen and oxygen atoms in total. The fraction of sp³-hybridized carbons (Fsp3) is 0.444. The number of benzene rings is 1. The van der Waals surface area contributed by atoms with Crippen molar-refractivity contribution in [2.45, 2.75) is 19.4 Å². The molecule has 128 valence electrons. The minimum Gasteiger partial charge on any atom is -0.379 e. The molecule has 1 aliphatic heterocycles. The zero-order valence-electron chi connectivity index (χ0n) is 14.0. The monoisotopic (exact) mass is 328 g/mol. The number of carbonyl (C=O) groups excluding carboxylic acids is 1. The van der Waals surface area contributed by atoms with Gasteiger partial charge in [-0.05, 0) is 31.0 Å². The highest BCUT2D eigenvalue weighted by atomic mass is 16.5. The van der Waals surface area contributed by atoms with E-state index in [1.54, 1.807) is 23.3 Å². The van der Waals surface area contributed by atoms with E-state index in [0.717, 1.165) is 45.0 Å². The lowest BCUT2D eigenvalue weighted by molar-refractivity contribution is -0.118. The number of nitrogens with one attached hydrogen (secondary N) is 1. The van der Waals surface area contributed by atoms with Crippen molar-refractivity contribution in [3.8, 4) is 0 Å². The predicted molar refractivity (Wildman–Crippen MR) is 93.0 cm³/mol. The van der Waals surface area contributed by atoms with Crippen LogP contribution < -0.4 is 5.32 Å². The molecule has 1 atom stereocenters. The molecule has 24 heavy (non-hydrogen) atoms. The molecule has 0 radical (unpaired) electrons. The van der Waals surface area contributed by atoms with Crippen LogP contribution in [-0.4, -0.2) is 53.2 Å². The Labute approximate surface area is 142 Å². The molecule has 6 heteroatoms. The van der Waals surface area contributed by atoms with E-state index in [1.165, 1.54) is 5.56 Å². The van der Waals surface area contributed by atoms with Crippen molar-refractivity contribution in [3.05, 3.63) is 48.5 Å². The van der Waals surface area contributed by atoms with Gasteiger partial charge in [0.1, 0.15) is 6.04 Å². The van der Waals surface area contributed by atoms with Crippen LogP contribution in [0.4, 0.5) is 5.69 Å². The third-order valence-electron chi connectivity index (χ3n) is 4.39. The first kappa shape index (κ1) is 16.7. The molecule has 0 unspecified atom stereocenters. The number of imidazole rings is 1. The molecule has 3 rings (SSSR count). The SMILES string of the molecule is C[C@H](C(=O)Nc1ccc(CCN2CCOCC2)cc1)n1ccnc1. The molecule has 1 fully saturated rings. The van der Waals surface area contributed by atoms with Crippen LogP contribution in [0.15, 0.2) is 43.0 Å². The van der Waals surface area contributed by atoms with Gasteiger partial charge in [-0.3, -0.25) is 9.69 Å². The van der Waals surface area contributed by atoms with E-state index in [9.17, 15) is 4.79 Å². The number of amides is 1. The van der Waals surface area contributed by atoms with Gasteiger partial charge in [-0.15, -0.1) is 0 Å². The predicted octanol–water partition coefficient (Wildman–Crippen LogP) is 1.96. The maximum atomic E-state index is 12.2. The lowest BCUT2D eigenvalue weighted by atomic mass is 10.1. The van der Waals surface area contributed by atoms with Crippen LogP contribution >= 0.6 is 0 Å². The maximum Gasteiger partial charge on any atom is 0.247 e. The third-order valence-corrected chi connectivity index (χ3v) is 4.39. The Kier molecular flexibility index (Phi) is 5.61. The number of ether oxygens (including phenoxy) is 1. The molecule has 0 saturated carbocycles. The number of morpholine rings is 1. The highest BCUT2D eigenvalue weighted by Gasteiger charge is 2.14. The molecule has 1 amide bonds. The Balaban J connectivity index is 1.49. The zero-order chi connectivity index (χ0) is 16.8. The smallest absolute Gasteiger partial charge is 0.247 e. The first-order chi connectivity index (χ1) is 11.7. The van der Waals surface area contributed by atoms with E-state index >= 15 is 0 Å². The molecular weight excluding hydrogens is 304 g/mol. The summed E-state index contributed by atoms with van der Waals surface area (Å²) in [5.74, 6) is -0.0472. The number of hydrogen-bond acceptors (Lipinski definition) is 4. The summed E-state index contributed by atoms with van der Waals surface area (Å²) < 4.78 is 7.15. The van der Waals surface area contributed by atoms with Crippen molar-refractivity contribution in [3.63, 3.8) is 0 Å². The van der Waals surface area contributed by atoms with Crippen molar-refractivity contribution in [2.24, 2.45) is 0 Å². The van der Waals surface area contributed by atoms with Gasteiger partial charge in [0, 0.05) is 37.7 Å². The summed E-state index contributed by atoms with van der Waals surface area (Å²) in [5, 5.41) is 2.95. The molecule has 0 aliphatic carbocycles. The summed E-state index contributed by atoms with van der Waals surface area (Å²) in [4.78, 5) is 18.6. The zero-order valence-corrected chi connectivity index (χ0v) is 14.0. The van der Waals surface area contributed by atoms with Crippen LogP contribution in [0.1, 0.15) is 18.5 Å². The molecule has 1 N–H and O–H groups in total. The fourth-order valence-corrected chi connectivity index (χ4v) is 2.75. The Bertz CT molecular complexity index is 634. The first-order valence-electron chi connectivity index (χ1n) is 8.40. The van der Waals surface area contributed by atoms with Crippen molar-refractivity contribution < 1.29 is 9.53 Å². The summed E-state index contributed by atoms with van der Waals surface area (Å²) in [6.45, 7) is 6.60. The van der Waals surface area contributed by atoms with Gasteiger partial charge >= 0.3 is 0 Å². The quantitative estimate of drug-likeness (QED) is 0.881. The molecule has 1 aliphatic rings. The standard InChI is InChI=1S/C18H24N4O2/c1-15(22-9-7-19-14-22)18(23)20-17-4-2-16(3-5-17)6-8-21-10-12-24-13-11-21/h2-5,7,9,14-15H,6,8,10-13H2,1H3,(H,20,23)/t15-/m1/s1. The fourth-order valence-electron chi connectivity index (χ4n) is 2.75. The van der Waals surface area contributed by atoms with Crippen molar-refractivity contribution in [1.82, 2.24) is 14.5 Å². The third kappa shape index (κ3) is 4.43. The summed E-state index contributed by atoms with van der Waals surface area (Å²) >= 11 is 0. The summed E-state index contributed by atoms with van der Waals surface area (Å²) in [6.07, 6.45) is 6.13. The molecule has 0 bridgehead atoms. The van der Waals surface area contributed by atoms with Crippen molar-refractivity contribution in [2.75, 3.05) is 38.2 Å². The Morgan fingerprint density at radius 1 is 1.29 bits per heavy atom. The number of aromatic nitrogens is 2. The van der Waals surface area contributed by atoms with E-state index in [-0.39, 0.29) is 11.9 Å². The van der Waals surface area contributed by atoms with Crippen LogP contribution in [0.3, 0.4) is 0 Å². The minimum absolute atomic E-state index is 0.0472. The van der Waals surface area contributed by atoms with Crippen LogP contribution in [0.5, 0.6) is 0 Å². The van der Waals surface area contributed by atoms with Gasteiger partial charge in [0.15, 0.2) is 0 Å². The van der Waals surface area contributed by atoms with E-state index < -0.39 is 0 Å². The molecule has 1 aromatic heterocycles. The number of nitrogens with zero attached hydrogens (tertiary/aromatic N) is 3. The van der Waals surface area contributed by atoms with E-state index in [1.807, 2.05) is 19.1 Å². The Morgan fingerprint density at radius 3 is 2.71 bits per heavy atom.